The molecule has 2 aromatic rings. The highest BCUT2D eigenvalue weighted by Gasteiger charge is 2.11. The Labute approximate surface area is 195 Å². The lowest BCUT2D eigenvalue weighted by molar-refractivity contribution is -0.139. The van der Waals surface area contributed by atoms with E-state index in [-0.39, 0.29) is 5.97 Å². The Balaban J connectivity index is -0.000000437. The second-order valence-electron chi connectivity index (χ2n) is 6.50. The molecule has 0 atom stereocenters. The molecule has 0 unspecified atom stereocenters. The normalized spacial score (nSPS) is 8.97. The van der Waals surface area contributed by atoms with Gasteiger partial charge in [-0.1, -0.05) is 65.8 Å². The van der Waals surface area contributed by atoms with Gasteiger partial charge in [0.25, 0.3) is 5.91 Å². The fraction of sp³-hybridized carbons (Fsp3) is 0.462. The summed E-state index contributed by atoms with van der Waals surface area (Å²) in [6.07, 6.45) is 0.341. The van der Waals surface area contributed by atoms with Crippen molar-refractivity contribution in [2.45, 2.75) is 48.0 Å². The third-order valence-electron chi connectivity index (χ3n) is 3.66. The number of nitrogens with two attached hydrogens (primary N) is 1. The van der Waals surface area contributed by atoms with Crippen molar-refractivity contribution < 1.29 is 19.1 Å². The van der Waals surface area contributed by atoms with Crippen LogP contribution >= 0.6 is 0 Å². The quantitative estimate of drug-likeness (QED) is 0.485. The summed E-state index contributed by atoms with van der Waals surface area (Å²) in [7, 11) is 9.23. The second-order valence-corrected chi connectivity index (χ2v) is 6.50. The molecule has 0 fully saturated rings. The summed E-state index contributed by atoms with van der Waals surface area (Å²) in [6, 6.07) is 14.9. The Morgan fingerprint density at radius 3 is 1.62 bits per heavy atom. The fourth-order valence-corrected chi connectivity index (χ4v) is 2.15. The number of quaternary nitrogens is 1. The zero-order chi connectivity index (χ0) is 25.7. The maximum atomic E-state index is 11.0. The number of nitrogens with zero attached hydrogens (tertiary/aromatic N) is 1. The molecule has 6 nitrogen and oxygen atoms in total. The maximum Gasteiger partial charge on any atom is 0.309 e. The van der Waals surface area contributed by atoms with Crippen molar-refractivity contribution in [3.05, 3.63) is 59.7 Å². The monoisotopic (exact) mass is 449 g/mol. The van der Waals surface area contributed by atoms with Crippen molar-refractivity contribution in [2.75, 3.05) is 35.4 Å². The van der Waals surface area contributed by atoms with E-state index in [9.17, 15) is 9.59 Å². The van der Waals surface area contributed by atoms with Gasteiger partial charge in [-0.2, -0.15) is 0 Å². The molecule has 2 N–H and O–H groups in total. The van der Waals surface area contributed by atoms with E-state index < -0.39 is 5.91 Å². The number of amides is 1. The summed E-state index contributed by atoms with van der Waals surface area (Å²) >= 11 is 0. The van der Waals surface area contributed by atoms with Gasteiger partial charge in [-0.15, -0.1) is 0 Å². The van der Waals surface area contributed by atoms with Crippen LogP contribution in [-0.2, 0) is 16.0 Å². The molecule has 0 aliphatic carbocycles. The first-order valence-electron chi connectivity index (χ1n) is 11.1. The minimum atomic E-state index is -0.470. The zero-order valence-corrected chi connectivity index (χ0v) is 22.0. The van der Waals surface area contributed by atoms with Crippen molar-refractivity contribution in [3.63, 3.8) is 0 Å². The summed E-state index contributed by atoms with van der Waals surface area (Å²) in [5.41, 5.74) is 7.68. The van der Waals surface area contributed by atoms with E-state index >= 15 is 0 Å². The first-order chi connectivity index (χ1) is 15.2. The Morgan fingerprint density at radius 1 is 0.812 bits per heavy atom. The van der Waals surface area contributed by atoms with Gasteiger partial charge in [-0.3, -0.25) is 14.1 Å². The van der Waals surface area contributed by atoms with E-state index in [4.69, 9.17) is 10.5 Å². The molecule has 182 valence electrons. The predicted molar refractivity (Wildman–Crippen MR) is 137 cm³/mol. The number of carbonyl (C=O) groups is 2. The Bertz CT molecular complexity index is 736. The minimum Gasteiger partial charge on any atom is -0.496 e. The van der Waals surface area contributed by atoms with Crippen LogP contribution < -0.4 is 15.0 Å². The molecule has 1 amide bonds. The molecule has 0 bridgehead atoms. The predicted octanol–water partition coefficient (Wildman–Crippen LogP) is 5.47. The highest BCUT2D eigenvalue weighted by atomic mass is 16.5. The van der Waals surface area contributed by atoms with Crippen molar-refractivity contribution >= 4 is 17.6 Å². The molecular weight excluding hydrogens is 404 g/mol. The summed E-state index contributed by atoms with van der Waals surface area (Å²) in [5, 5.41) is 0. The van der Waals surface area contributed by atoms with Crippen LogP contribution in [-0.4, -0.2) is 47.2 Å². The van der Waals surface area contributed by atoms with Crippen LogP contribution in [0, 0.1) is 0 Å². The average Bonchev–Trinajstić information content (AvgIpc) is 2.83. The van der Waals surface area contributed by atoms with Gasteiger partial charge in [-0.25, -0.2) is 0 Å². The number of rotatable bonds is 5. The molecule has 2 aromatic carbocycles. The maximum absolute atomic E-state index is 11.0. The van der Waals surface area contributed by atoms with Gasteiger partial charge in [0.05, 0.1) is 47.3 Å². The molecule has 32 heavy (non-hydrogen) atoms. The fourth-order valence-electron chi connectivity index (χ4n) is 2.15. The lowest BCUT2D eigenvalue weighted by Crippen LogP contribution is -2.34. The lowest BCUT2D eigenvalue weighted by Gasteiger charge is -2.23. The number of carbonyl (C=O) groups excluding carboxylic acids is 2. The molecule has 0 aliphatic rings. The van der Waals surface area contributed by atoms with Gasteiger partial charge in [0.2, 0.25) is 0 Å². The van der Waals surface area contributed by atoms with Crippen molar-refractivity contribution in [3.8, 4) is 5.75 Å². The summed E-state index contributed by atoms with van der Waals surface area (Å²) in [4.78, 5) is 21.8. The Hall–Kier alpha value is -2.86. The Morgan fingerprint density at radius 2 is 1.28 bits per heavy atom. The van der Waals surface area contributed by atoms with Gasteiger partial charge in [-0.05, 0) is 29.8 Å². The van der Waals surface area contributed by atoms with Crippen LogP contribution in [0.25, 0.3) is 0 Å². The number of methoxy groups -OCH3 is 2. The highest BCUT2D eigenvalue weighted by molar-refractivity contribution is 5.95. The summed E-state index contributed by atoms with van der Waals surface area (Å²) in [5.74, 6) is -0.157. The minimum absolute atomic E-state index is 0.201. The number of ether oxygens (including phenoxy) is 2. The first-order valence-corrected chi connectivity index (χ1v) is 11.1. The van der Waals surface area contributed by atoms with E-state index in [1.807, 2.05) is 65.8 Å². The van der Waals surface area contributed by atoms with E-state index in [1.54, 1.807) is 24.3 Å². The number of benzene rings is 2. The Kier molecular flexibility index (Phi) is 21.2. The second kappa shape index (κ2) is 20.1. The standard InChI is InChI=1S/C12H18NO2.C8H9NO2.3C2H6/c1-13(2,3)11-7-5-10(6-8-11)9-12(14)15-4;1-11-7-5-3-2-4-6(7)8(9)10;3*1-2/h5-8H,9H2,1-4H3;2-5H,1H3,(H2,9,10);3*1-2H3/q+1;;;;. The molecular formula is C26H45N2O4+. The third kappa shape index (κ3) is 14.2. The van der Waals surface area contributed by atoms with Crippen LogP contribution in [0.1, 0.15) is 57.5 Å². The van der Waals surface area contributed by atoms with Crippen LogP contribution in [0.4, 0.5) is 5.69 Å². The number of hydrogen-bond acceptors (Lipinski definition) is 4. The van der Waals surface area contributed by atoms with E-state index in [0.717, 1.165) is 10.0 Å². The highest BCUT2D eigenvalue weighted by Crippen LogP contribution is 2.17. The van der Waals surface area contributed by atoms with Crippen molar-refractivity contribution in [1.82, 2.24) is 4.48 Å². The topological polar surface area (TPSA) is 78.6 Å². The SMILES string of the molecule is CC.CC.CC.COC(=O)Cc1ccc([N+](C)(C)C)cc1.COc1ccccc1C(N)=O. The summed E-state index contributed by atoms with van der Waals surface area (Å²) in [6.45, 7) is 12.0. The molecule has 0 spiro atoms. The average molecular weight is 450 g/mol. The van der Waals surface area contributed by atoms with E-state index in [0.29, 0.717) is 17.7 Å². The zero-order valence-electron chi connectivity index (χ0n) is 22.0. The lowest BCUT2D eigenvalue weighted by atomic mass is 10.1. The van der Waals surface area contributed by atoms with Crippen LogP contribution in [0.15, 0.2) is 48.5 Å². The largest absolute Gasteiger partial charge is 0.496 e. The van der Waals surface area contributed by atoms with Crippen LogP contribution in [0.3, 0.4) is 0 Å². The van der Waals surface area contributed by atoms with Gasteiger partial charge in [0, 0.05) is 0 Å². The molecule has 0 saturated heterocycles. The van der Waals surface area contributed by atoms with Gasteiger partial charge in [0.1, 0.15) is 11.4 Å². The van der Waals surface area contributed by atoms with Crippen LogP contribution in [0.5, 0.6) is 5.75 Å². The molecule has 0 radical (unpaired) electrons. The van der Waals surface area contributed by atoms with E-state index in [2.05, 4.69) is 25.9 Å². The third-order valence-corrected chi connectivity index (χ3v) is 3.66. The van der Waals surface area contributed by atoms with Gasteiger partial charge < -0.3 is 15.2 Å². The number of para-hydroxylation sites is 1. The number of esters is 1. The first kappa shape index (κ1) is 33.8. The van der Waals surface area contributed by atoms with Crippen molar-refractivity contribution in [1.29, 1.82) is 0 Å². The molecule has 6 heteroatoms. The van der Waals surface area contributed by atoms with Crippen molar-refractivity contribution in [2.24, 2.45) is 5.73 Å². The molecule has 0 aliphatic heterocycles. The number of hydrogen-bond donors (Lipinski definition) is 1. The molecule has 0 aromatic heterocycles. The van der Waals surface area contributed by atoms with Crippen LogP contribution in [0.2, 0.25) is 0 Å². The molecule has 0 heterocycles. The molecule has 0 saturated carbocycles. The number of primary amides is 1. The van der Waals surface area contributed by atoms with E-state index in [1.165, 1.54) is 19.9 Å². The smallest absolute Gasteiger partial charge is 0.309 e. The molecule has 2 rings (SSSR count). The summed E-state index contributed by atoms with van der Waals surface area (Å²) < 4.78 is 10.3. The van der Waals surface area contributed by atoms with Gasteiger partial charge >= 0.3 is 5.97 Å². The van der Waals surface area contributed by atoms with Gasteiger partial charge in [0.15, 0.2) is 0 Å².